The van der Waals surface area contributed by atoms with Gasteiger partial charge in [-0.1, -0.05) is 49.6 Å². The topological polar surface area (TPSA) is 41.6 Å². The number of carbonyl (C=O) groups excluding carboxylic acids is 1. The third kappa shape index (κ3) is 4.35. The van der Waals surface area contributed by atoms with Gasteiger partial charge in [0.25, 0.3) is 0 Å². The summed E-state index contributed by atoms with van der Waals surface area (Å²) >= 11 is 0. The number of hydrogen-bond donors (Lipinski definition) is 1. The van der Waals surface area contributed by atoms with Crippen LogP contribution in [-0.2, 0) is 16.6 Å². The van der Waals surface area contributed by atoms with Gasteiger partial charge < -0.3 is 15.0 Å². The maximum Gasteiger partial charge on any atom is 0.228 e. The number of hydrogen-bond acceptors (Lipinski definition) is 3. The van der Waals surface area contributed by atoms with E-state index in [4.69, 9.17) is 4.74 Å². The zero-order chi connectivity index (χ0) is 26.3. The number of piperidine rings is 1. The highest BCUT2D eigenvalue weighted by Gasteiger charge is 2.54. The fourth-order valence-corrected chi connectivity index (χ4v) is 8.61. The van der Waals surface area contributed by atoms with E-state index in [1.165, 1.54) is 37.7 Å². The number of benzene rings is 2. The van der Waals surface area contributed by atoms with Crippen molar-refractivity contribution >= 4 is 5.91 Å². The first kappa shape index (κ1) is 25.9. The van der Waals surface area contributed by atoms with Gasteiger partial charge in [-0.05, 0) is 86.5 Å². The van der Waals surface area contributed by atoms with Gasteiger partial charge in [0.15, 0.2) is 0 Å². The summed E-state index contributed by atoms with van der Waals surface area (Å²) in [5, 5.41) is 3.59. The van der Waals surface area contributed by atoms with Crippen LogP contribution < -0.4 is 10.1 Å². The van der Waals surface area contributed by atoms with E-state index in [-0.39, 0.29) is 17.6 Å². The lowest BCUT2D eigenvalue weighted by Crippen LogP contribution is -2.55. The molecule has 1 amide bonds. The number of aryl methyl sites for hydroxylation is 1. The zero-order valence-corrected chi connectivity index (χ0v) is 23.1. The Morgan fingerprint density at radius 2 is 1.89 bits per heavy atom. The number of amides is 1. The van der Waals surface area contributed by atoms with Crippen molar-refractivity contribution in [3.63, 3.8) is 0 Å². The van der Waals surface area contributed by atoms with Crippen LogP contribution in [-0.4, -0.2) is 43.6 Å². The van der Waals surface area contributed by atoms with Crippen molar-refractivity contribution in [1.29, 1.82) is 0 Å². The van der Waals surface area contributed by atoms with Crippen LogP contribution in [0.3, 0.4) is 0 Å². The minimum Gasteiger partial charge on any atom is -0.496 e. The van der Waals surface area contributed by atoms with Crippen LogP contribution in [0.4, 0.5) is 4.39 Å². The van der Waals surface area contributed by atoms with Gasteiger partial charge in [0.1, 0.15) is 11.6 Å². The van der Waals surface area contributed by atoms with Gasteiger partial charge >= 0.3 is 0 Å². The molecule has 2 aliphatic heterocycles. The van der Waals surface area contributed by atoms with Gasteiger partial charge in [-0.25, -0.2) is 4.39 Å². The Kier molecular flexibility index (Phi) is 7.24. The number of methoxy groups -OCH3 is 1. The molecule has 1 saturated carbocycles. The maximum atomic E-state index is 15.3. The van der Waals surface area contributed by atoms with Crippen molar-refractivity contribution in [3.8, 4) is 5.75 Å². The molecule has 2 aromatic rings. The predicted molar refractivity (Wildman–Crippen MR) is 149 cm³/mol. The third-order valence-electron chi connectivity index (χ3n) is 10.4. The maximum absolute atomic E-state index is 15.3. The van der Waals surface area contributed by atoms with E-state index in [1.54, 1.807) is 13.2 Å². The van der Waals surface area contributed by atoms with Crippen molar-refractivity contribution in [2.45, 2.75) is 88.5 Å². The van der Waals surface area contributed by atoms with E-state index >= 15 is 4.39 Å². The number of fused-ring (bicyclic) bond motifs is 2. The Bertz CT molecular complexity index is 1140. The van der Waals surface area contributed by atoms with Crippen LogP contribution in [0.1, 0.15) is 86.0 Å². The lowest BCUT2D eigenvalue weighted by atomic mass is 9.63. The molecule has 204 valence electrons. The Labute approximate surface area is 227 Å². The van der Waals surface area contributed by atoms with E-state index in [0.717, 1.165) is 54.7 Å². The molecular weight excluding hydrogens is 475 g/mol. The van der Waals surface area contributed by atoms with E-state index < -0.39 is 5.41 Å². The zero-order valence-electron chi connectivity index (χ0n) is 23.1. The summed E-state index contributed by atoms with van der Waals surface area (Å²) in [6, 6.07) is 12.8. The summed E-state index contributed by atoms with van der Waals surface area (Å²) in [4.78, 5) is 17.0. The Balaban J connectivity index is 1.35. The summed E-state index contributed by atoms with van der Waals surface area (Å²) in [6.45, 7) is 4.12. The highest BCUT2D eigenvalue weighted by Crippen LogP contribution is 2.52. The average molecular weight is 519 g/mol. The van der Waals surface area contributed by atoms with Crippen molar-refractivity contribution in [1.82, 2.24) is 10.2 Å². The van der Waals surface area contributed by atoms with Crippen molar-refractivity contribution < 1.29 is 13.9 Å². The number of carbonyl (C=O) groups is 1. The average Bonchev–Trinajstić information content (AvgIpc) is 3.37. The molecule has 0 unspecified atom stereocenters. The molecule has 4 aliphatic rings. The van der Waals surface area contributed by atoms with Crippen LogP contribution in [0.2, 0.25) is 0 Å². The number of rotatable bonds is 4. The van der Waals surface area contributed by atoms with Crippen molar-refractivity contribution in [2.24, 2.45) is 11.8 Å². The Morgan fingerprint density at radius 1 is 1.11 bits per heavy atom. The van der Waals surface area contributed by atoms with Gasteiger partial charge in [-0.2, -0.15) is 0 Å². The standard InChI is InChI=1S/C33H43FN2O2/c1-22-18-28(34)26-14-9-16-33(30(26)31(22)38-2)21-35-20-27(33)32(37)36-17-15-25(23-10-5-3-6-11-23)19-29(36)24-12-7-4-8-13-24/h3,5-6,10-11,18,24-25,27,29,35H,4,7-9,12-17,19-21H2,1-2H3/t25-,27+,29+,33-/m1/s1. The van der Waals surface area contributed by atoms with E-state index in [1.807, 2.05) is 6.92 Å². The quantitative estimate of drug-likeness (QED) is 0.517. The first-order valence-corrected chi connectivity index (χ1v) is 15.0. The van der Waals surface area contributed by atoms with Gasteiger partial charge in [0, 0.05) is 36.7 Å². The van der Waals surface area contributed by atoms with Crippen LogP contribution in [0.15, 0.2) is 36.4 Å². The Morgan fingerprint density at radius 3 is 2.66 bits per heavy atom. The lowest BCUT2D eigenvalue weighted by molar-refractivity contribution is -0.143. The van der Waals surface area contributed by atoms with Crippen LogP contribution >= 0.6 is 0 Å². The molecule has 1 N–H and O–H groups in total. The molecule has 1 spiro atoms. The normalized spacial score (nSPS) is 29.9. The predicted octanol–water partition coefficient (Wildman–Crippen LogP) is 6.29. The van der Waals surface area contributed by atoms with Crippen molar-refractivity contribution in [2.75, 3.05) is 26.7 Å². The number of ether oxygens (including phenoxy) is 1. The number of halogens is 1. The summed E-state index contributed by atoms with van der Waals surface area (Å²) < 4.78 is 21.2. The molecule has 2 heterocycles. The highest BCUT2D eigenvalue weighted by molar-refractivity contribution is 5.83. The molecule has 2 aromatic carbocycles. The molecule has 3 fully saturated rings. The van der Waals surface area contributed by atoms with Crippen LogP contribution in [0, 0.1) is 24.6 Å². The number of likely N-dealkylation sites (tertiary alicyclic amines) is 1. The second-order valence-corrected chi connectivity index (χ2v) is 12.4. The lowest BCUT2D eigenvalue weighted by Gasteiger charge is -2.48. The van der Waals surface area contributed by atoms with Crippen LogP contribution in [0.25, 0.3) is 0 Å². The van der Waals surface area contributed by atoms with E-state index in [0.29, 0.717) is 37.4 Å². The molecule has 4 atom stereocenters. The van der Waals surface area contributed by atoms with Gasteiger partial charge in [-0.15, -0.1) is 0 Å². The molecule has 38 heavy (non-hydrogen) atoms. The largest absolute Gasteiger partial charge is 0.496 e. The highest BCUT2D eigenvalue weighted by atomic mass is 19.1. The molecular formula is C33H43FN2O2. The summed E-state index contributed by atoms with van der Waals surface area (Å²) in [7, 11) is 1.69. The smallest absolute Gasteiger partial charge is 0.228 e. The van der Waals surface area contributed by atoms with Gasteiger partial charge in [0.2, 0.25) is 5.91 Å². The minimum atomic E-state index is -0.406. The van der Waals surface area contributed by atoms with Gasteiger partial charge in [-0.3, -0.25) is 4.79 Å². The number of nitrogens with zero attached hydrogens (tertiary/aromatic N) is 1. The molecule has 2 saturated heterocycles. The first-order chi connectivity index (χ1) is 18.5. The third-order valence-corrected chi connectivity index (χ3v) is 10.4. The second-order valence-electron chi connectivity index (χ2n) is 12.4. The summed E-state index contributed by atoms with van der Waals surface area (Å²) in [6.07, 6.45) is 10.9. The monoisotopic (exact) mass is 518 g/mol. The van der Waals surface area contributed by atoms with E-state index in [2.05, 4.69) is 40.5 Å². The SMILES string of the molecule is COc1c(C)cc(F)c2c1[C@]1(CCC2)CNC[C@H]1C(=O)N1CC[C@@H](c2ccccc2)C[C@H]1C1CCCCC1. The summed E-state index contributed by atoms with van der Waals surface area (Å²) in [5.41, 5.74) is 3.58. The fraction of sp³-hybridized carbons (Fsp3) is 0.606. The molecule has 2 aliphatic carbocycles. The van der Waals surface area contributed by atoms with E-state index in [9.17, 15) is 4.79 Å². The Hall–Kier alpha value is -2.40. The fourth-order valence-electron chi connectivity index (χ4n) is 8.61. The van der Waals surface area contributed by atoms with Crippen molar-refractivity contribution in [3.05, 3.63) is 64.5 Å². The molecule has 0 bridgehead atoms. The second kappa shape index (κ2) is 10.6. The first-order valence-electron chi connectivity index (χ1n) is 15.0. The van der Waals surface area contributed by atoms with Crippen LogP contribution in [0.5, 0.6) is 5.75 Å². The molecule has 0 radical (unpaired) electrons. The molecule has 4 nitrogen and oxygen atoms in total. The molecule has 0 aromatic heterocycles. The summed E-state index contributed by atoms with van der Waals surface area (Å²) in [5.74, 6) is 1.84. The minimum absolute atomic E-state index is 0.140. The molecule has 5 heteroatoms. The molecule has 6 rings (SSSR count). The number of nitrogens with one attached hydrogen (secondary N) is 1. The van der Waals surface area contributed by atoms with Gasteiger partial charge in [0.05, 0.1) is 13.0 Å².